The maximum atomic E-state index is 4.29. The largest absolute Gasteiger partial charge is 0.315 e. The lowest BCUT2D eigenvalue weighted by Crippen LogP contribution is -2.30. The Morgan fingerprint density at radius 3 is 2.88 bits per heavy atom. The van der Waals surface area contributed by atoms with Crippen molar-refractivity contribution >= 4 is 0 Å². The van der Waals surface area contributed by atoms with Crippen LogP contribution in [0.15, 0.2) is 36.5 Å². The monoisotopic (exact) mass is 337 g/mol. The Balaban J connectivity index is 1.31. The van der Waals surface area contributed by atoms with Crippen LogP contribution in [0.5, 0.6) is 0 Å². The number of para-hydroxylation sites is 1. The smallest absolute Gasteiger partial charge is 0.133 e. The van der Waals surface area contributed by atoms with Crippen LogP contribution in [0.2, 0.25) is 0 Å². The van der Waals surface area contributed by atoms with E-state index >= 15 is 0 Å². The third-order valence-corrected chi connectivity index (χ3v) is 4.74. The summed E-state index contributed by atoms with van der Waals surface area (Å²) in [5.74, 6) is 2.85. The zero-order valence-corrected chi connectivity index (χ0v) is 14.5. The summed E-state index contributed by atoms with van der Waals surface area (Å²) < 4.78 is 4.11. The summed E-state index contributed by atoms with van der Waals surface area (Å²) in [6.45, 7) is 4.85. The van der Waals surface area contributed by atoms with Gasteiger partial charge in [0.2, 0.25) is 0 Å². The second-order valence-corrected chi connectivity index (χ2v) is 6.52. The number of fused-ring (bicyclic) bond motifs is 1. The molecule has 0 amide bonds. The van der Waals surface area contributed by atoms with Crippen LogP contribution in [0.25, 0.3) is 5.69 Å². The van der Waals surface area contributed by atoms with Crippen molar-refractivity contribution in [3.8, 4) is 5.69 Å². The Hall–Kier alpha value is -2.54. The molecule has 7 heteroatoms. The number of rotatable bonds is 6. The molecule has 1 N–H and O–H groups in total. The second kappa shape index (κ2) is 7.14. The first-order chi connectivity index (χ1) is 12.3. The summed E-state index contributed by atoms with van der Waals surface area (Å²) >= 11 is 0. The molecule has 0 saturated heterocycles. The fraction of sp³-hybridized carbons (Fsp3) is 0.444. The minimum atomic E-state index is 0.609. The molecule has 0 bridgehead atoms. The van der Waals surface area contributed by atoms with Crippen LogP contribution in [-0.4, -0.2) is 36.3 Å². The molecule has 1 aliphatic rings. The second-order valence-electron chi connectivity index (χ2n) is 6.52. The van der Waals surface area contributed by atoms with Gasteiger partial charge in [-0.1, -0.05) is 30.3 Å². The highest BCUT2D eigenvalue weighted by atomic mass is 15.4. The van der Waals surface area contributed by atoms with E-state index in [0.717, 1.165) is 61.9 Å². The Morgan fingerprint density at radius 2 is 2.04 bits per heavy atom. The highest BCUT2D eigenvalue weighted by molar-refractivity contribution is 5.29. The predicted molar refractivity (Wildman–Crippen MR) is 94.3 cm³/mol. The molecule has 1 aromatic carbocycles. The minimum Gasteiger partial charge on any atom is -0.315 e. The number of aromatic nitrogens is 6. The van der Waals surface area contributed by atoms with Crippen LogP contribution in [-0.2, 0) is 25.9 Å². The van der Waals surface area contributed by atoms with Crippen LogP contribution in [0, 0.1) is 5.92 Å². The molecule has 2 aromatic heterocycles. The summed E-state index contributed by atoms with van der Waals surface area (Å²) in [7, 11) is 0. The van der Waals surface area contributed by atoms with E-state index in [0.29, 0.717) is 5.92 Å². The van der Waals surface area contributed by atoms with Crippen molar-refractivity contribution in [3.63, 3.8) is 0 Å². The molecule has 7 nitrogen and oxygen atoms in total. The molecule has 1 unspecified atom stereocenters. The summed E-state index contributed by atoms with van der Waals surface area (Å²) in [6.07, 6.45) is 5.10. The van der Waals surface area contributed by atoms with E-state index in [1.165, 1.54) is 0 Å². The molecule has 1 atom stereocenters. The van der Waals surface area contributed by atoms with Gasteiger partial charge >= 0.3 is 0 Å². The van der Waals surface area contributed by atoms with Crippen molar-refractivity contribution in [2.24, 2.45) is 5.92 Å². The first kappa shape index (κ1) is 16.0. The minimum absolute atomic E-state index is 0.609. The zero-order valence-electron chi connectivity index (χ0n) is 14.5. The number of benzene rings is 1. The molecule has 0 fully saturated rings. The number of nitrogens with zero attached hydrogens (tertiary/aromatic N) is 6. The van der Waals surface area contributed by atoms with Gasteiger partial charge in [-0.25, -0.2) is 4.68 Å². The summed E-state index contributed by atoms with van der Waals surface area (Å²) in [5.41, 5.74) is 1.99. The average molecular weight is 337 g/mol. The van der Waals surface area contributed by atoms with E-state index in [1.807, 2.05) is 41.2 Å². The molecule has 0 spiro atoms. The van der Waals surface area contributed by atoms with Gasteiger partial charge in [-0.2, -0.15) is 0 Å². The highest BCUT2D eigenvalue weighted by Crippen LogP contribution is 2.19. The van der Waals surface area contributed by atoms with E-state index in [4.69, 9.17) is 0 Å². The SMILES string of the molecule is CCc1nnc2n1CC(CNCc1cn(-c3ccccc3)nn1)CC2. The lowest BCUT2D eigenvalue weighted by molar-refractivity contribution is 0.342. The quantitative estimate of drug-likeness (QED) is 0.742. The first-order valence-corrected chi connectivity index (χ1v) is 8.92. The van der Waals surface area contributed by atoms with Crippen LogP contribution in [0.4, 0.5) is 0 Å². The fourth-order valence-electron chi connectivity index (χ4n) is 3.37. The maximum Gasteiger partial charge on any atom is 0.133 e. The molecular weight excluding hydrogens is 314 g/mol. The summed E-state index contributed by atoms with van der Waals surface area (Å²) in [5, 5.41) is 20.6. The lowest BCUT2D eigenvalue weighted by atomic mass is 9.99. The molecule has 3 aromatic rings. The van der Waals surface area contributed by atoms with Gasteiger partial charge in [-0.05, 0) is 24.5 Å². The number of nitrogens with one attached hydrogen (secondary N) is 1. The predicted octanol–water partition coefficient (Wildman–Crippen LogP) is 1.77. The van der Waals surface area contributed by atoms with Crippen LogP contribution < -0.4 is 5.32 Å². The van der Waals surface area contributed by atoms with Crippen molar-refractivity contribution in [1.29, 1.82) is 0 Å². The van der Waals surface area contributed by atoms with Crippen molar-refractivity contribution in [1.82, 2.24) is 35.1 Å². The third kappa shape index (κ3) is 3.46. The van der Waals surface area contributed by atoms with Crippen LogP contribution >= 0.6 is 0 Å². The van der Waals surface area contributed by atoms with Gasteiger partial charge in [0.25, 0.3) is 0 Å². The van der Waals surface area contributed by atoms with Gasteiger partial charge in [0.05, 0.1) is 17.6 Å². The Morgan fingerprint density at radius 1 is 1.16 bits per heavy atom. The average Bonchev–Trinajstić information content (AvgIpc) is 3.29. The maximum absolute atomic E-state index is 4.29. The van der Waals surface area contributed by atoms with Gasteiger partial charge in [-0.15, -0.1) is 15.3 Å². The number of hydrogen-bond donors (Lipinski definition) is 1. The van der Waals surface area contributed by atoms with Gasteiger partial charge in [0.15, 0.2) is 0 Å². The van der Waals surface area contributed by atoms with E-state index in [1.54, 1.807) is 0 Å². The molecule has 25 heavy (non-hydrogen) atoms. The van der Waals surface area contributed by atoms with E-state index in [9.17, 15) is 0 Å². The molecule has 1 aliphatic heterocycles. The van der Waals surface area contributed by atoms with Crippen molar-refractivity contribution in [2.45, 2.75) is 39.3 Å². The Labute approximate surface area is 147 Å². The van der Waals surface area contributed by atoms with Gasteiger partial charge in [-0.3, -0.25) is 0 Å². The number of hydrogen-bond acceptors (Lipinski definition) is 5. The molecule has 130 valence electrons. The zero-order chi connectivity index (χ0) is 17.1. The van der Waals surface area contributed by atoms with Gasteiger partial charge in [0.1, 0.15) is 11.6 Å². The van der Waals surface area contributed by atoms with E-state index < -0.39 is 0 Å². The standard InChI is InChI=1S/C18H23N7/c1-2-17-21-22-18-9-8-14(12-24(17)18)10-19-11-15-13-25(23-20-15)16-6-4-3-5-7-16/h3-7,13-14,19H,2,8-12H2,1H3. The summed E-state index contributed by atoms with van der Waals surface area (Å²) in [4.78, 5) is 0. The summed E-state index contributed by atoms with van der Waals surface area (Å²) in [6, 6.07) is 10.0. The van der Waals surface area contributed by atoms with Gasteiger partial charge in [0, 0.05) is 32.5 Å². The molecule has 0 aliphatic carbocycles. The first-order valence-electron chi connectivity index (χ1n) is 8.92. The van der Waals surface area contributed by atoms with Crippen molar-refractivity contribution < 1.29 is 0 Å². The molecule has 0 radical (unpaired) electrons. The molecule has 3 heterocycles. The molecular formula is C18H23N7. The van der Waals surface area contributed by atoms with Crippen molar-refractivity contribution in [2.75, 3.05) is 6.54 Å². The number of aryl methyl sites for hydroxylation is 2. The topological polar surface area (TPSA) is 73.5 Å². The van der Waals surface area contributed by atoms with Crippen molar-refractivity contribution in [3.05, 3.63) is 53.9 Å². The van der Waals surface area contributed by atoms with E-state index in [-0.39, 0.29) is 0 Å². The van der Waals surface area contributed by atoms with E-state index in [2.05, 4.69) is 37.3 Å². The molecule has 0 saturated carbocycles. The fourth-order valence-corrected chi connectivity index (χ4v) is 3.37. The Kier molecular flexibility index (Phi) is 4.56. The van der Waals surface area contributed by atoms with Gasteiger partial charge < -0.3 is 9.88 Å². The van der Waals surface area contributed by atoms with Crippen LogP contribution in [0.1, 0.15) is 30.7 Å². The third-order valence-electron chi connectivity index (χ3n) is 4.74. The lowest BCUT2D eigenvalue weighted by Gasteiger charge is -2.24. The van der Waals surface area contributed by atoms with Crippen LogP contribution in [0.3, 0.4) is 0 Å². The molecule has 4 rings (SSSR count). The normalized spacial score (nSPS) is 16.8. The highest BCUT2D eigenvalue weighted by Gasteiger charge is 2.21. The Bertz CT molecular complexity index is 808.